The van der Waals surface area contributed by atoms with Crippen molar-refractivity contribution in [1.82, 2.24) is 10.2 Å². The smallest absolute Gasteiger partial charge is 0.219 e. The fourth-order valence-electron chi connectivity index (χ4n) is 2.05. The predicted molar refractivity (Wildman–Crippen MR) is 62.8 cm³/mol. The van der Waals surface area contributed by atoms with E-state index in [0.717, 1.165) is 12.8 Å². The minimum Gasteiger partial charge on any atom is -0.337 e. The molecule has 1 fully saturated rings. The van der Waals surface area contributed by atoms with Crippen molar-refractivity contribution in [3.05, 3.63) is 0 Å². The molecule has 3 heteroatoms. The summed E-state index contributed by atoms with van der Waals surface area (Å²) in [5.74, 6) is 0.238. The normalized spacial score (nSPS) is 19.7. The fraction of sp³-hybridized carbons (Fsp3) is 0.917. The number of carbonyl (C=O) groups is 1. The zero-order valence-electron chi connectivity index (χ0n) is 10.4. The first-order valence-electron chi connectivity index (χ1n) is 6.02. The molecule has 0 saturated heterocycles. The zero-order valence-corrected chi connectivity index (χ0v) is 10.4. The first kappa shape index (κ1) is 12.5. The van der Waals surface area contributed by atoms with Crippen LogP contribution in [-0.4, -0.2) is 36.0 Å². The average molecular weight is 212 g/mol. The van der Waals surface area contributed by atoms with Gasteiger partial charge in [-0.3, -0.25) is 4.79 Å². The molecule has 0 aliphatic heterocycles. The lowest BCUT2D eigenvalue weighted by atomic mass is 10.1. The number of hydrogen-bond donors (Lipinski definition) is 1. The average Bonchev–Trinajstić information content (AvgIpc) is 2.98. The van der Waals surface area contributed by atoms with E-state index in [-0.39, 0.29) is 5.91 Å². The maximum absolute atomic E-state index is 11.5. The highest BCUT2D eigenvalue weighted by molar-refractivity contribution is 5.74. The van der Waals surface area contributed by atoms with Crippen molar-refractivity contribution in [3.63, 3.8) is 0 Å². The van der Waals surface area contributed by atoms with Crippen LogP contribution in [0.4, 0.5) is 0 Å². The molecule has 3 nitrogen and oxygen atoms in total. The van der Waals surface area contributed by atoms with Gasteiger partial charge in [-0.25, -0.2) is 0 Å². The van der Waals surface area contributed by atoms with Crippen molar-refractivity contribution >= 4 is 5.91 Å². The summed E-state index contributed by atoms with van der Waals surface area (Å²) in [6.07, 6.45) is 4.63. The van der Waals surface area contributed by atoms with Crippen molar-refractivity contribution in [3.8, 4) is 0 Å². The summed E-state index contributed by atoms with van der Waals surface area (Å²) in [5.41, 5.74) is 0. The molecule has 1 aliphatic carbocycles. The summed E-state index contributed by atoms with van der Waals surface area (Å²) in [6.45, 7) is 6.04. The van der Waals surface area contributed by atoms with Crippen LogP contribution in [0.2, 0.25) is 0 Å². The second-order valence-electron chi connectivity index (χ2n) is 4.77. The quantitative estimate of drug-likeness (QED) is 0.728. The third-order valence-corrected chi connectivity index (χ3v) is 3.29. The van der Waals surface area contributed by atoms with Crippen LogP contribution in [0.15, 0.2) is 0 Å². The number of rotatable bonds is 6. The van der Waals surface area contributed by atoms with Crippen LogP contribution in [0, 0.1) is 0 Å². The minimum absolute atomic E-state index is 0.238. The molecule has 0 radical (unpaired) electrons. The Morgan fingerprint density at radius 2 is 2.00 bits per heavy atom. The van der Waals surface area contributed by atoms with E-state index >= 15 is 0 Å². The summed E-state index contributed by atoms with van der Waals surface area (Å²) in [6, 6.07) is 1.48. The van der Waals surface area contributed by atoms with Gasteiger partial charge < -0.3 is 10.2 Å². The van der Waals surface area contributed by atoms with Gasteiger partial charge in [0.2, 0.25) is 5.91 Å². The Morgan fingerprint density at radius 3 is 2.40 bits per heavy atom. The summed E-state index contributed by atoms with van der Waals surface area (Å²) in [4.78, 5) is 13.6. The van der Waals surface area contributed by atoms with Gasteiger partial charge in [0, 0.05) is 25.0 Å². The summed E-state index contributed by atoms with van der Waals surface area (Å²) in [5, 5.41) is 3.23. The molecule has 0 aromatic heterocycles. The molecule has 0 spiro atoms. The molecule has 2 unspecified atom stereocenters. The van der Waals surface area contributed by atoms with E-state index in [4.69, 9.17) is 0 Å². The van der Waals surface area contributed by atoms with Gasteiger partial charge in [-0.2, -0.15) is 0 Å². The van der Waals surface area contributed by atoms with Crippen LogP contribution in [0.5, 0.6) is 0 Å². The summed E-state index contributed by atoms with van der Waals surface area (Å²) < 4.78 is 0. The molecule has 1 rings (SSSR count). The van der Waals surface area contributed by atoms with E-state index in [1.165, 1.54) is 12.8 Å². The van der Waals surface area contributed by atoms with E-state index in [0.29, 0.717) is 18.1 Å². The van der Waals surface area contributed by atoms with Crippen molar-refractivity contribution in [2.75, 3.05) is 7.05 Å². The van der Waals surface area contributed by atoms with Crippen LogP contribution in [0.1, 0.15) is 46.5 Å². The molecule has 0 aromatic carbocycles. The topological polar surface area (TPSA) is 32.3 Å². The predicted octanol–water partition coefficient (Wildman–Crippen LogP) is 1.77. The standard InChI is InChI=1S/C12H24N2O/c1-9(13-4)5-6-10(2)14(11(3)15)12-7-8-12/h9-10,12-13H,5-8H2,1-4H3. The van der Waals surface area contributed by atoms with Crippen LogP contribution >= 0.6 is 0 Å². The first-order valence-corrected chi connectivity index (χ1v) is 6.02. The third kappa shape index (κ3) is 3.82. The van der Waals surface area contributed by atoms with Crippen molar-refractivity contribution in [2.45, 2.75) is 64.6 Å². The van der Waals surface area contributed by atoms with E-state index in [9.17, 15) is 4.79 Å². The highest BCUT2D eigenvalue weighted by atomic mass is 16.2. The molecule has 1 amide bonds. The highest BCUT2D eigenvalue weighted by Crippen LogP contribution is 2.29. The lowest BCUT2D eigenvalue weighted by Gasteiger charge is -2.29. The molecule has 88 valence electrons. The molecule has 15 heavy (non-hydrogen) atoms. The van der Waals surface area contributed by atoms with Gasteiger partial charge in [-0.05, 0) is 46.6 Å². The molecule has 1 aliphatic rings. The Hall–Kier alpha value is -0.570. The Kier molecular flexibility index (Phi) is 4.58. The van der Waals surface area contributed by atoms with Gasteiger partial charge in [0.15, 0.2) is 0 Å². The molecule has 1 saturated carbocycles. The van der Waals surface area contributed by atoms with Gasteiger partial charge in [0.05, 0.1) is 0 Å². The number of hydrogen-bond acceptors (Lipinski definition) is 2. The molecule has 2 atom stereocenters. The maximum Gasteiger partial charge on any atom is 0.219 e. The van der Waals surface area contributed by atoms with Gasteiger partial charge in [0.25, 0.3) is 0 Å². The van der Waals surface area contributed by atoms with E-state index in [1.807, 2.05) is 7.05 Å². The molecule has 0 bridgehead atoms. The lowest BCUT2D eigenvalue weighted by molar-refractivity contribution is -0.131. The van der Waals surface area contributed by atoms with Crippen molar-refractivity contribution in [1.29, 1.82) is 0 Å². The second-order valence-corrected chi connectivity index (χ2v) is 4.77. The Labute approximate surface area is 93.2 Å². The number of nitrogens with one attached hydrogen (secondary N) is 1. The first-order chi connectivity index (χ1) is 7.06. The molecule has 0 heterocycles. The minimum atomic E-state index is 0.238. The maximum atomic E-state index is 11.5. The number of carbonyl (C=O) groups excluding carboxylic acids is 1. The van der Waals surface area contributed by atoms with Crippen molar-refractivity contribution in [2.24, 2.45) is 0 Å². The van der Waals surface area contributed by atoms with Gasteiger partial charge >= 0.3 is 0 Å². The largest absolute Gasteiger partial charge is 0.337 e. The van der Waals surface area contributed by atoms with Gasteiger partial charge in [-0.15, -0.1) is 0 Å². The molecule has 1 N–H and O–H groups in total. The number of nitrogens with zero attached hydrogens (tertiary/aromatic N) is 1. The Bertz CT molecular complexity index is 214. The monoisotopic (exact) mass is 212 g/mol. The van der Waals surface area contributed by atoms with E-state index in [2.05, 4.69) is 24.1 Å². The molecular weight excluding hydrogens is 188 g/mol. The zero-order chi connectivity index (χ0) is 11.4. The highest BCUT2D eigenvalue weighted by Gasteiger charge is 2.33. The third-order valence-electron chi connectivity index (χ3n) is 3.29. The molecular formula is C12H24N2O. The molecule has 0 aromatic rings. The van der Waals surface area contributed by atoms with Gasteiger partial charge in [0.1, 0.15) is 0 Å². The lowest BCUT2D eigenvalue weighted by Crippen LogP contribution is -2.39. The van der Waals surface area contributed by atoms with Crippen LogP contribution < -0.4 is 5.32 Å². The summed E-state index contributed by atoms with van der Waals surface area (Å²) >= 11 is 0. The van der Waals surface area contributed by atoms with Gasteiger partial charge in [-0.1, -0.05) is 0 Å². The SMILES string of the molecule is CNC(C)CCC(C)N(C(C)=O)C1CC1. The number of amides is 1. The Balaban J connectivity index is 2.35. The van der Waals surface area contributed by atoms with Crippen molar-refractivity contribution < 1.29 is 4.79 Å². The second kappa shape index (κ2) is 5.50. The Morgan fingerprint density at radius 1 is 1.40 bits per heavy atom. The fourth-order valence-corrected chi connectivity index (χ4v) is 2.05. The van der Waals surface area contributed by atoms with E-state index < -0.39 is 0 Å². The van der Waals surface area contributed by atoms with Crippen LogP contribution in [-0.2, 0) is 4.79 Å². The van der Waals surface area contributed by atoms with Crippen LogP contribution in [0.25, 0.3) is 0 Å². The summed E-state index contributed by atoms with van der Waals surface area (Å²) in [7, 11) is 1.99. The van der Waals surface area contributed by atoms with E-state index in [1.54, 1.807) is 6.92 Å². The van der Waals surface area contributed by atoms with Crippen LogP contribution in [0.3, 0.4) is 0 Å².